The van der Waals surface area contributed by atoms with Crippen molar-refractivity contribution in [1.29, 1.82) is 0 Å². The Hall–Kier alpha value is -2.67. The monoisotopic (exact) mass is 480 g/mol. The van der Waals surface area contributed by atoms with E-state index in [1.807, 2.05) is 36.5 Å². The Bertz CT molecular complexity index is 1190. The first-order valence-electron chi connectivity index (χ1n) is 9.13. The fourth-order valence-corrected chi connectivity index (χ4v) is 3.72. The standard InChI is InChI=1S/C23H21IN4/c1-15-12-20(9-10-21(15)24)28-16(2)13-19(17(28)3)14-25-27-23-11-8-18-6-4-5-7-22(18)26-23/h4-14H,1-3H3,(H,26,27)/b25-14-. The summed E-state index contributed by atoms with van der Waals surface area (Å²) in [4.78, 5) is 4.59. The van der Waals surface area contributed by atoms with Crippen LogP contribution >= 0.6 is 22.6 Å². The Balaban J connectivity index is 1.58. The molecule has 0 aliphatic rings. The van der Waals surface area contributed by atoms with Gasteiger partial charge >= 0.3 is 0 Å². The van der Waals surface area contributed by atoms with Crippen LogP contribution in [-0.4, -0.2) is 15.8 Å². The maximum absolute atomic E-state index is 4.59. The number of hydrogen-bond acceptors (Lipinski definition) is 3. The summed E-state index contributed by atoms with van der Waals surface area (Å²) in [6, 6.07) is 20.7. The zero-order chi connectivity index (χ0) is 19.7. The molecule has 0 atom stereocenters. The smallest absolute Gasteiger partial charge is 0.146 e. The van der Waals surface area contributed by atoms with E-state index >= 15 is 0 Å². The van der Waals surface area contributed by atoms with E-state index in [1.165, 1.54) is 20.5 Å². The number of aryl methyl sites for hydroxylation is 2. The third-order valence-corrected chi connectivity index (χ3v) is 6.06. The number of nitrogens with one attached hydrogen (secondary N) is 1. The van der Waals surface area contributed by atoms with Gasteiger partial charge in [-0.1, -0.05) is 18.2 Å². The van der Waals surface area contributed by atoms with Gasteiger partial charge in [-0.25, -0.2) is 4.98 Å². The van der Waals surface area contributed by atoms with E-state index in [1.54, 1.807) is 0 Å². The first-order chi connectivity index (χ1) is 13.5. The third kappa shape index (κ3) is 3.67. The molecule has 2 aromatic heterocycles. The van der Waals surface area contributed by atoms with Crippen LogP contribution in [0.15, 0.2) is 65.8 Å². The highest BCUT2D eigenvalue weighted by Crippen LogP contribution is 2.23. The molecule has 0 bridgehead atoms. The second-order valence-electron chi connectivity index (χ2n) is 6.85. The molecule has 28 heavy (non-hydrogen) atoms. The minimum atomic E-state index is 0.733. The van der Waals surface area contributed by atoms with Gasteiger partial charge in [-0.3, -0.25) is 5.43 Å². The van der Waals surface area contributed by atoms with E-state index in [0.717, 1.165) is 28.0 Å². The van der Waals surface area contributed by atoms with Crippen molar-refractivity contribution in [2.45, 2.75) is 20.8 Å². The first-order valence-corrected chi connectivity index (χ1v) is 10.2. The Morgan fingerprint density at radius 2 is 1.82 bits per heavy atom. The fourth-order valence-electron chi connectivity index (χ4n) is 3.38. The number of aromatic nitrogens is 2. The molecular weight excluding hydrogens is 459 g/mol. The van der Waals surface area contributed by atoms with E-state index in [9.17, 15) is 0 Å². The molecule has 0 spiro atoms. The molecule has 0 aliphatic heterocycles. The quantitative estimate of drug-likeness (QED) is 0.221. The SMILES string of the molecule is Cc1cc(-n2c(C)cc(/C=N\Nc3ccc4ccccc4n3)c2C)ccc1I. The molecular formula is C23H21IN4. The van der Waals surface area contributed by atoms with Gasteiger partial charge in [0, 0.05) is 31.6 Å². The topological polar surface area (TPSA) is 42.2 Å². The van der Waals surface area contributed by atoms with Gasteiger partial charge in [0.1, 0.15) is 5.82 Å². The third-order valence-electron chi connectivity index (χ3n) is 4.85. The highest BCUT2D eigenvalue weighted by molar-refractivity contribution is 14.1. The van der Waals surface area contributed by atoms with Gasteiger partial charge in [-0.2, -0.15) is 5.10 Å². The van der Waals surface area contributed by atoms with Crippen LogP contribution < -0.4 is 5.43 Å². The zero-order valence-corrected chi connectivity index (χ0v) is 18.2. The number of hydrogen-bond donors (Lipinski definition) is 1. The Kier molecular flexibility index (Phi) is 5.17. The Morgan fingerprint density at radius 1 is 1.00 bits per heavy atom. The summed E-state index contributed by atoms with van der Waals surface area (Å²) in [6.45, 7) is 6.38. The van der Waals surface area contributed by atoms with E-state index in [0.29, 0.717) is 0 Å². The van der Waals surface area contributed by atoms with Crippen LogP contribution in [-0.2, 0) is 0 Å². The molecule has 0 saturated heterocycles. The average molecular weight is 480 g/mol. The molecule has 0 aliphatic carbocycles. The molecule has 0 saturated carbocycles. The molecule has 2 heterocycles. The minimum absolute atomic E-state index is 0.733. The summed E-state index contributed by atoms with van der Waals surface area (Å²) >= 11 is 2.37. The minimum Gasteiger partial charge on any atom is -0.318 e. The Labute approximate surface area is 178 Å². The van der Waals surface area contributed by atoms with E-state index in [-0.39, 0.29) is 0 Å². The predicted molar refractivity (Wildman–Crippen MR) is 126 cm³/mol. The second-order valence-corrected chi connectivity index (χ2v) is 8.02. The lowest BCUT2D eigenvalue weighted by atomic mass is 10.2. The van der Waals surface area contributed by atoms with E-state index < -0.39 is 0 Å². The number of benzene rings is 2. The van der Waals surface area contributed by atoms with Crippen molar-refractivity contribution in [3.8, 4) is 5.69 Å². The number of nitrogens with zero attached hydrogens (tertiary/aromatic N) is 3. The number of anilines is 1. The number of pyridine rings is 1. The Morgan fingerprint density at radius 3 is 2.64 bits per heavy atom. The molecule has 0 amide bonds. The zero-order valence-electron chi connectivity index (χ0n) is 16.1. The highest BCUT2D eigenvalue weighted by atomic mass is 127. The molecule has 4 rings (SSSR count). The highest BCUT2D eigenvalue weighted by Gasteiger charge is 2.10. The van der Waals surface area contributed by atoms with Crippen molar-refractivity contribution in [2.24, 2.45) is 5.10 Å². The molecule has 1 N–H and O–H groups in total. The van der Waals surface area contributed by atoms with Crippen LogP contribution in [0.2, 0.25) is 0 Å². The van der Waals surface area contributed by atoms with Gasteiger partial charge in [0.05, 0.1) is 11.7 Å². The molecule has 4 aromatic rings. The molecule has 4 nitrogen and oxygen atoms in total. The van der Waals surface area contributed by atoms with Crippen molar-refractivity contribution < 1.29 is 0 Å². The van der Waals surface area contributed by atoms with Gasteiger partial charge in [0.2, 0.25) is 0 Å². The van der Waals surface area contributed by atoms with Crippen molar-refractivity contribution in [2.75, 3.05) is 5.43 Å². The largest absolute Gasteiger partial charge is 0.318 e. The van der Waals surface area contributed by atoms with Crippen LogP contribution in [0, 0.1) is 24.3 Å². The second kappa shape index (κ2) is 7.75. The lowest BCUT2D eigenvalue weighted by Gasteiger charge is -2.11. The normalized spacial score (nSPS) is 11.4. The number of hydrazone groups is 1. The van der Waals surface area contributed by atoms with Gasteiger partial charge in [0.15, 0.2) is 0 Å². The summed E-state index contributed by atoms with van der Waals surface area (Å²) in [5, 5.41) is 5.53. The summed E-state index contributed by atoms with van der Waals surface area (Å²) in [7, 11) is 0. The van der Waals surface area contributed by atoms with Gasteiger partial charge in [-0.05, 0) is 91.4 Å². The summed E-state index contributed by atoms with van der Waals surface area (Å²) in [6.07, 6.45) is 1.86. The van der Waals surface area contributed by atoms with Gasteiger partial charge < -0.3 is 4.57 Å². The summed E-state index contributed by atoms with van der Waals surface area (Å²) in [5.41, 5.74) is 9.89. The molecule has 0 radical (unpaired) electrons. The van der Waals surface area contributed by atoms with Crippen molar-refractivity contribution in [1.82, 2.24) is 9.55 Å². The van der Waals surface area contributed by atoms with E-state index in [2.05, 4.69) is 93.8 Å². The lowest BCUT2D eigenvalue weighted by Crippen LogP contribution is -2.01. The van der Waals surface area contributed by atoms with Crippen molar-refractivity contribution in [3.63, 3.8) is 0 Å². The number of halogens is 1. The number of fused-ring (bicyclic) bond motifs is 1. The van der Waals surface area contributed by atoms with Gasteiger partial charge in [0.25, 0.3) is 0 Å². The molecule has 0 fully saturated rings. The lowest BCUT2D eigenvalue weighted by molar-refractivity contribution is 0.962. The van der Waals surface area contributed by atoms with E-state index in [4.69, 9.17) is 0 Å². The molecule has 2 aromatic carbocycles. The van der Waals surface area contributed by atoms with Crippen LogP contribution in [0.3, 0.4) is 0 Å². The van der Waals surface area contributed by atoms with Crippen LogP contribution in [0.4, 0.5) is 5.82 Å². The van der Waals surface area contributed by atoms with Crippen LogP contribution in [0.1, 0.15) is 22.5 Å². The van der Waals surface area contributed by atoms with Crippen LogP contribution in [0.25, 0.3) is 16.6 Å². The van der Waals surface area contributed by atoms with Crippen LogP contribution in [0.5, 0.6) is 0 Å². The van der Waals surface area contributed by atoms with Crippen molar-refractivity contribution in [3.05, 3.63) is 86.7 Å². The van der Waals surface area contributed by atoms with Crippen molar-refractivity contribution >= 4 is 45.5 Å². The first kappa shape index (κ1) is 18.7. The number of para-hydroxylation sites is 1. The maximum atomic E-state index is 4.59. The molecule has 0 unspecified atom stereocenters. The molecule has 140 valence electrons. The molecule has 5 heteroatoms. The maximum Gasteiger partial charge on any atom is 0.146 e. The predicted octanol–water partition coefficient (Wildman–Crippen LogP) is 6.00. The summed E-state index contributed by atoms with van der Waals surface area (Å²) < 4.78 is 3.54. The summed E-state index contributed by atoms with van der Waals surface area (Å²) in [5.74, 6) is 0.733. The number of rotatable bonds is 4. The average Bonchev–Trinajstić information content (AvgIpc) is 2.97. The fraction of sp³-hybridized carbons (Fsp3) is 0.130. The van der Waals surface area contributed by atoms with Gasteiger partial charge in [-0.15, -0.1) is 0 Å².